The fourth-order valence-corrected chi connectivity index (χ4v) is 0.820. The van der Waals surface area contributed by atoms with Gasteiger partial charge >= 0.3 is 0 Å². The molecule has 0 saturated heterocycles. The molecule has 52 valence electrons. The predicted molar refractivity (Wildman–Crippen MR) is 43.4 cm³/mol. The van der Waals surface area contributed by atoms with E-state index in [1.165, 1.54) is 12.8 Å². The average Bonchev–Trinajstić information content (AvgIpc) is 1.85. The van der Waals surface area contributed by atoms with Crippen LogP contribution in [-0.2, 0) is 0 Å². The summed E-state index contributed by atoms with van der Waals surface area (Å²) in [6.45, 7) is 8.04. The first kappa shape index (κ1) is 8.48. The SMILES string of the molecule is C=CC=CC(C)CCC. The van der Waals surface area contributed by atoms with Gasteiger partial charge in [-0.05, 0) is 12.3 Å². The van der Waals surface area contributed by atoms with Crippen LogP contribution in [0.25, 0.3) is 0 Å². The molecule has 0 bridgehead atoms. The van der Waals surface area contributed by atoms with Gasteiger partial charge < -0.3 is 0 Å². The second-order valence-electron chi connectivity index (χ2n) is 2.39. The number of hydrogen-bond donors (Lipinski definition) is 0. The van der Waals surface area contributed by atoms with Crippen LogP contribution in [0.5, 0.6) is 0 Å². The van der Waals surface area contributed by atoms with Gasteiger partial charge in [0.05, 0.1) is 0 Å². The highest BCUT2D eigenvalue weighted by Crippen LogP contribution is 2.05. The molecule has 0 aromatic rings. The van der Waals surface area contributed by atoms with Crippen LogP contribution in [0, 0.1) is 5.92 Å². The minimum absolute atomic E-state index is 0.716. The zero-order valence-corrected chi connectivity index (χ0v) is 6.43. The van der Waals surface area contributed by atoms with Crippen molar-refractivity contribution in [3.8, 4) is 0 Å². The summed E-state index contributed by atoms with van der Waals surface area (Å²) in [6.07, 6.45) is 8.58. The minimum atomic E-state index is 0.716. The first-order chi connectivity index (χ1) is 4.31. The minimum Gasteiger partial charge on any atom is -0.0991 e. The van der Waals surface area contributed by atoms with Crippen LogP contribution >= 0.6 is 0 Å². The van der Waals surface area contributed by atoms with Crippen molar-refractivity contribution in [2.45, 2.75) is 26.7 Å². The van der Waals surface area contributed by atoms with E-state index in [0.717, 1.165) is 0 Å². The molecular weight excluding hydrogens is 108 g/mol. The van der Waals surface area contributed by atoms with E-state index in [1.54, 1.807) is 0 Å². The maximum absolute atomic E-state index is 3.61. The van der Waals surface area contributed by atoms with Gasteiger partial charge in [0.25, 0.3) is 0 Å². The van der Waals surface area contributed by atoms with Crippen LogP contribution in [0.15, 0.2) is 24.8 Å². The highest BCUT2D eigenvalue weighted by molar-refractivity contribution is 4.98. The van der Waals surface area contributed by atoms with Crippen molar-refractivity contribution >= 4 is 0 Å². The summed E-state index contributed by atoms with van der Waals surface area (Å²) in [7, 11) is 0. The topological polar surface area (TPSA) is 0 Å². The average molecular weight is 124 g/mol. The van der Waals surface area contributed by atoms with Crippen LogP contribution in [0.2, 0.25) is 0 Å². The van der Waals surface area contributed by atoms with E-state index < -0.39 is 0 Å². The Labute approximate surface area is 58.3 Å². The first-order valence-corrected chi connectivity index (χ1v) is 3.60. The molecule has 0 heterocycles. The molecule has 0 aromatic heterocycles. The molecule has 0 nitrogen and oxygen atoms in total. The van der Waals surface area contributed by atoms with E-state index in [9.17, 15) is 0 Å². The Morgan fingerprint density at radius 3 is 2.67 bits per heavy atom. The summed E-state index contributed by atoms with van der Waals surface area (Å²) in [6, 6.07) is 0. The van der Waals surface area contributed by atoms with E-state index in [0.29, 0.717) is 5.92 Å². The molecule has 0 spiro atoms. The third kappa shape index (κ3) is 5.35. The Hall–Kier alpha value is -0.520. The third-order valence-corrected chi connectivity index (χ3v) is 1.32. The molecular formula is C9H16. The molecule has 0 aromatic carbocycles. The molecule has 0 amide bonds. The van der Waals surface area contributed by atoms with Crippen molar-refractivity contribution in [1.82, 2.24) is 0 Å². The summed E-state index contributed by atoms with van der Waals surface area (Å²) in [5, 5.41) is 0. The molecule has 0 aliphatic rings. The Morgan fingerprint density at radius 1 is 1.56 bits per heavy atom. The smallest absolute Gasteiger partial charge is 0.0259 e. The summed E-state index contributed by atoms with van der Waals surface area (Å²) in [4.78, 5) is 0. The molecule has 0 aliphatic heterocycles. The van der Waals surface area contributed by atoms with Crippen LogP contribution in [0.3, 0.4) is 0 Å². The van der Waals surface area contributed by atoms with Gasteiger partial charge in [0.15, 0.2) is 0 Å². The van der Waals surface area contributed by atoms with Gasteiger partial charge in [-0.2, -0.15) is 0 Å². The zero-order chi connectivity index (χ0) is 7.11. The first-order valence-electron chi connectivity index (χ1n) is 3.60. The Balaban J connectivity index is 3.35. The van der Waals surface area contributed by atoms with E-state index in [4.69, 9.17) is 0 Å². The Morgan fingerprint density at radius 2 is 2.22 bits per heavy atom. The van der Waals surface area contributed by atoms with Crippen molar-refractivity contribution < 1.29 is 0 Å². The maximum Gasteiger partial charge on any atom is -0.0259 e. The summed E-state index contributed by atoms with van der Waals surface area (Å²) in [5.41, 5.74) is 0. The lowest BCUT2D eigenvalue weighted by molar-refractivity contribution is 0.634. The number of allylic oxidation sites excluding steroid dienone is 3. The predicted octanol–water partition coefficient (Wildman–Crippen LogP) is 3.16. The van der Waals surface area contributed by atoms with Crippen LogP contribution in [0.1, 0.15) is 26.7 Å². The molecule has 0 fully saturated rings. The van der Waals surface area contributed by atoms with Crippen molar-refractivity contribution in [2.75, 3.05) is 0 Å². The van der Waals surface area contributed by atoms with Gasteiger partial charge in [-0.3, -0.25) is 0 Å². The van der Waals surface area contributed by atoms with Crippen LogP contribution < -0.4 is 0 Å². The summed E-state index contributed by atoms with van der Waals surface area (Å²) >= 11 is 0. The van der Waals surface area contributed by atoms with Crippen molar-refractivity contribution in [3.63, 3.8) is 0 Å². The second kappa shape index (κ2) is 5.61. The van der Waals surface area contributed by atoms with Gasteiger partial charge in [0.1, 0.15) is 0 Å². The van der Waals surface area contributed by atoms with Gasteiger partial charge in [0, 0.05) is 0 Å². The van der Waals surface area contributed by atoms with E-state index in [-0.39, 0.29) is 0 Å². The summed E-state index contributed by atoms with van der Waals surface area (Å²) in [5.74, 6) is 0.716. The highest BCUT2D eigenvalue weighted by Gasteiger charge is 1.90. The van der Waals surface area contributed by atoms with Crippen molar-refractivity contribution in [3.05, 3.63) is 24.8 Å². The molecule has 0 heteroatoms. The maximum atomic E-state index is 3.61. The Kier molecular flexibility index (Phi) is 5.29. The summed E-state index contributed by atoms with van der Waals surface area (Å²) < 4.78 is 0. The quantitative estimate of drug-likeness (QED) is 0.505. The van der Waals surface area contributed by atoms with Gasteiger partial charge in [-0.1, -0.05) is 45.1 Å². The molecule has 0 N–H and O–H groups in total. The lowest BCUT2D eigenvalue weighted by Crippen LogP contribution is -1.85. The third-order valence-electron chi connectivity index (χ3n) is 1.32. The second-order valence-corrected chi connectivity index (χ2v) is 2.39. The molecule has 9 heavy (non-hydrogen) atoms. The normalized spacial score (nSPS) is 14.0. The highest BCUT2D eigenvalue weighted by atomic mass is 14.0. The van der Waals surface area contributed by atoms with E-state index >= 15 is 0 Å². The van der Waals surface area contributed by atoms with E-state index in [1.807, 2.05) is 12.2 Å². The monoisotopic (exact) mass is 124 g/mol. The van der Waals surface area contributed by atoms with Gasteiger partial charge in [-0.25, -0.2) is 0 Å². The molecule has 0 radical (unpaired) electrons. The van der Waals surface area contributed by atoms with Crippen LogP contribution in [0.4, 0.5) is 0 Å². The number of hydrogen-bond acceptors (Lipinski definition) is 0. The number of rotatable bonds is 4. The largest absolute Gasteiger partial charge is 0.0991 e. The fraction of sp³-hybridized carbons (Fsp3) is 0.556. The standard InChI is InChI=1S/C9H16/c1-4-6-8-9(3)7-5-2/h4,6,8-9H,1,5,7H2,2-3H3. The molecule has 0 saturated carbocycles. The lowest BCUT2D eigenvalue weighted by Gasteiger charge is -1.99. The van der Waals surface area contributed by atoms with Crippen molar-refractivity contribution in [2.24, 2.45) is 5.92 Å². The van der Waals surface area contributed by atoms with Gasteiger partial charge in [0.2, 0.25) is 0 Å². The van der Waals surface area contributed by atoms with Crippen molar-refractivity contribution in [1.29, 1.82) is 0 Å². The zero-order valence-electron chi connectivity index (χ0n) is 6.43. The van der Waals surface area contributed by atoms with Crippen LogP contribution in [-0.4, -0.2) is 0 Å². The molecule has 1 unspecified atom stereocenters. The van der Waals surface area contributed by atoms with Gasteiger partial charge in [-0.15, -0.1) is 0 Å². The Bertz CT molecular complexity index is 90.2. The molecule has 1 atom stereocenters. The molecule has 0 aliphatic carbocycles. The fourth-order valence-electron chi connectivity index (χ4n) is 0.820. The molecule has 0 rings (SSSR count). The lowest BCUT2D eigenvalue weighted by atomic mass is 10.1. The van der Waals surface area contributed by atoms with E-state index in [2.05, 4.69) is 26.5 Å².